The van der Waals surface area contributed by atoms with Crippen LogP contribution < -0.4 is 4.74 Å². The van der Waals surface area contributed by atoms with Gasteiger partial charge in [-0.2, -0.15) is 0 Å². The molecule has 0 saturated heterocycles. The predicted octanol–water partition coefficient (Wildman–Crippen LogP) is 3.85. The van der Waals surface area contributed by atoms with Gasteiger partial charge in [0, 0.05) is 0 Å². The summed E-state index contributed by atoms with van der Waals surface area (Å²) in [7, 11) is 1.60. The van der Waals surface area contributed by atoms with Crippen LogP contribution in [0.15, 0.2) is 22.4 Å². The number of rotatable bonds is 1. The SMILES string of the molecule is COc1c(Cl)cc2ccsc2c1S. The van der Waals surface area contributed by atoms with Crippen LogP contribution in [-0.2, 0) is 0 Å². The van der Waals surface area contributed by atoms with Gasteiger partial charge in [-0.15, -0.1) is 24.0 Å². The summed E-state index contributed by atoms with van der Waals surface area (Å²) in [6.45, 7) is 0. The Morgan fingerprint density at radius 3 is 3.00 bits per heavy atom. The topological polar surface area (TPSA) is 9.23 Å². The highest BCUT2D eigenvalue weighted by Gasteiger charge is 2.10. The van der Waals surface area contributed by atoms with E-state index in [9.17, 15) is 0 Å². The van der Waals surface area contributed by atoms with Gasteiger partial charge in [0.15, 0.2) is 5.75 Å². The highest BCUT2D eigenvalue weighted by Crippen LogP contribution is 2.39. The first kappa shape index (κ1) is 9.19. The van der Waals surface area contributed by atoms with Crippen LogP contribution in [0.1, 0.15) is 0 Å². The average Bonchev–Trinajstić information content (AvgIpc) is 2.53. The Morgan fingerprint density at radius 1 is 1.54 bits per heavy atom. The molecule has 1 nitrogen and oxygen atoms in total. The summed E-state index contributed by atoms with van der Waals surface area (Å²) in [5, 5.41) is 3.74. The zero-order valence-electron chi connectivity index (χ0n) is 6.87. The van der Waals surface area contributed by atoms with Crippen molar-refractivity contribution in [1.29, 1.82) is 0 Å². The Morgan fingerprint density at radius 2 is 2.31 bits per heavy atom. The normalized spacial score (nSPS) is 10.7. The van der Waals surface area contributed by atoms with Crippen LogP contribution >= 0.6 is 35.6 Å². The quantitative estimate of drug-likeness (QED) is 0.733. The molecule has 0 N–H and O–H groups in total. The summed E-state index contributed by atoms with van der Waals surface area (Å²) in [5.41, 5.74) is 0. The molecule has 0 amide bonds. The Bertz CT molecular complexity index is 450. The highest BCUT2D eigenvalue weighted by atomic mass is 35.5. The van der Waals surface area contributed by atoms with Gasteiger partial charge in [0.2, 0.25) is 0 Å². The first-order valence-corrected chi connectivity index (χ1v) is 5.37. The zero-order chi connectivity index (χ0) is 9.42. The van der Waals surface area contributed by atoms with E-state index in [1.807, 2.05) is 17.5 Å². The van der Waals surface area contributed by atoms with Gasteiger partial charge in [-0.25, -0.2) is 0 Å². The lowest BCUT2D eigenvalue weighted by atomic mass is 10.2. The van der Waals surface area contributed by atoms with Crippen molar-refractivity contribution in [2.45, 2.75) is 4.90 Å². The monoisotopic (exact) mass is 230 g/mol. The number of thiol groups is 1. The maximum absolute atomic E-state index is 6.00. The van der Waals surface area contributed by atoms with E-state index in [-0.39, 0.29) is 0 Å². The van der Waals surface area contributed by atoms with E-state index in [1.165, 1.54) is 0 Å². The highest BCUT2D eigenvalue weighted by molar-refractivity contribution is 7.81. The summed E-state index contributed by atoms with van der Waals surface area (Å²) in [5.74, 6) is 0.653. The smallest absolute Gasteiger partial charge is 0.152 e. The molecule has 13 heavy (non-hydrogen) atoms. The van der Waals surface area contributed by atoms with E-state index in [1.54, 1.807) is 18.4 Å². The molecule has 1 heterocycles. The Hall–Kier alpha value is -0.380. The molecule has 1 aromatic carbocycles. The van der Waals surface area contributed by atoms with Gasteiger partial charge in [0.1, 0.15) is 0 Å². The molecule has 0 unspecified atom stereocenters. The lowest BCUT2D eigenvalue weighted by Gasteiger charge is -2.06. The van der Waals surface area contributed by atoms with E-state index in [0.29, 0.717) is 10.8 Å². The second kappa shape index (κ2) is 3.40. The van der Waals surface area contributed by atoms with Gasteiger partial charge < -0.3 is 4.74 Å². The summed E-state index contributed by atoms with van der Waals surface area (Å²) >= 11 is 12.0. The van der Waals surface area contributed by atoms with Crippen molar-refractivity contribution in [2.75, 3.05) is 7.11 Å². The van der Waals surface area contributed by atoms with Crippen molar-refractivity contribution < 1.29 is 4.74 Å². The molecule has 0 fully saturated rings. The van der Waals surface area contributed by atoms with E-state index in [2.05, 4.69) is 12.6 Å². The molecule has 1 aromatic heterocycles. The van der Waals surface area contributed by atoms with Crippen LogP contribution in [0.5, 0.6) is 5.75 Å². The lowest BCUT2D eigenvalue weighted by Crippen LogP contribution is -1.85. The van der Waals surface area contributed by atoms with Crippen molar-refractivity contribution >= 4 is 45.7 Å². The van der Waals surface area contributed by atoms with Crippen LogP contribution in [0, 0.1) is 0 Å². The number of fused-ring (bicyclic) bond motifs is 1. The van der Waals surface area contributed by atoms with E-state index < -0.39 is 0 Å². The number of methoxy groups -OCH3 is 1. The molecular weight excluding hydrogens is 224 g/mol. The molecule has 0 aliphatic heterocycles. The predicted molar refractivity (Wildman–Crippen MR) is 60.6 cm³/mol. The molecule has 0 atom stereocenters. The van der Waals surface area contributed by atoms with E-state index >= 15 is 0 Å². The molecule has 2 aromatic rings. The second-order valence-electron chi connectivity index (χ2n) is 2.58. The van der Waals surface area contributed by atoms with E-state index in [0.717, 1.165) is 15.0 Å². The van der Waals surface area contributed by atoms with Crippen LogP contribution in [-0.4, -0.2) is 7.11 Å². The van der Waals surface area contributed by atoms with Crippen molar-refractivity contribution in [3.05, 3.63) is 22.5 Å². The third-order valence-corrected chi connectivity index (χ3v) is 3.64. The van der Waals surface area contributed by atoms with Crippen molar-refractivity contribution in [3.63, 3.8) is 0 Å². The third-order valence-electron chi connectivity index (χ3n) is 1.83. The summed E-state index contributed by atoms with van der Waals surface area (Å²) < 4.78 is 6.27. The lowest BCUT2D eigenvalue weighted by molar-refractivity contribution is 0.406. The third kappa shape index (κ3) is 1.41. The van der Waals surface area contributed by atoms with Gasteiger partial charge in [0.25, 0.3) is 0 Å². The molecule has 4 heteroatoms. The molecular formula is C9H7ClOS2. The molecule has 2 rings (SSSR count). The minimum Gasteiger partial charge on any atom is -0.494 e. The van der Waals surface area contributed by atoms with Crippen molar-refractivity contribution in [1.82, 2.24) is 0 Å². The van der Waals surface area contributed by atoms with Crippen LogP contribution in [0.3, 0.4) is 0 Å². The number of hydrogen-bond acceptors (Lipinski definition) is 3. The number of thiophene rings is 1. The minimum absolute atomic E-state index is 0.610. The summed E-state index contributed by atoms with van der Waals surface area (Å²) in [4.78, 5) is 0.819. The number of hydrogen-bond donors (Lipinski definition) is 1. The maximum Gasteiger partial charge on any atom is 0.152 e. The van der Waals surface area contributed by atoms with Gasteiger partial charge in [-0.3, -0.25) is 0 Å². The Kier molecular flexibility index (Phi) is 2.41. The standard InChI is InChI=1S/C9H7ClOS2/c1-11-7-6(10)4-5-2-3-13-9(5)8(7)12/h2-4,12H,1H3. The van der Waals surface area contributed by atoms with Gasteiger partial charge in [-0.05, 0) is 22.9 Å². The first-order valence-electron chi connectivity index (χ1n) is 3.66. The van der Waals surface area contributed by atoms with Crippen LogP contribution in [0.2, 0.25) is 5.02 Å². The first-order chi connectivity index (χ1) is 6.24. The Balaban J connectivity index is 2.85. The molecule has 0 aliphatic carbocycles. The van der Waals surface area contributed by atoms with Crippen molar-refractivity contribution in [2.24, 2.45) is 0 Å². The fourth-order valence-corrected chi connectivity index (χ4v) is 2.91. The minimum atomic E-state index is 0.610. The molecule has 0 saturated carbocycles. The Labute approximate surface area is 90.7 Å². The molecule has 0 bridgehead atoms. The number of halogens is 1. The second-order valence-corrected chi connectivity index (χ2v) is 4.35. The molecule has 68 valence electrons. The van der Waals surface area contributed by atoms with Gasteiger partial charge in [0.05, 0.1) is 21.7 Å². The summed E-state index contributed by atoms with van der Waals surface area (Å²) in [6.07, 6.45) is 0. The zero-order valence-corrected chi connectivity index (χ0v) is 9.34. The maximum atomic E-state index is 6.00. The fraction of sp³-hybridized carbons (Fsp3) is 0.111. The van der Waals surface area contributed by atoms with Crippen LogP contribution in [0.4, 0.5) is 0 Å². The fourth-order valence-electron chi connectivity index (χ4n) is 1.24. The number of ether oxygens (including phenoxy) is 1. The summed E-state index contributed by atoms with van der Waals surface area (Å²) in [6, 6.07) is 3.91. The molecule has 0 aliphatic rings. The van der Waals surface area contributed by atoms with Gasteiger partial charge in [-0.1, -0.05) is 11.6 Å². The van der Waals surface area contributed by atoms with Crippen LogP contribution in [0.25, 0.3) is 10.1 Å². The molecule has 0 spiro atoms. The van der Waals surface area contributed by atoms with E-state index in [4.69, 9.17) is 16.3 Å². The van der Waals surface area contributed by atoms with Crippen molar-refractivity contribution in [3.8, 4) is 5.75 Å². The average molecular weight is 231 g/mol. The largest absolute Gasteiger partial charge is 0.494 e. The van der Waals surface area contributed by atoms with Gasteiger partial charge >= 0.3 is 0 Å². The number of benzene rings is 1. The molecule has 0 radical (unpaired) electrons.